The van der Waals surface area contributed by atoms with Crippen LogP contribution in [0.3, 0.4) is 0 Å². The van der Waals surface area contributed by atoms with Gasteiger partial charge in [0.1, 0.15) is 0 Å². The number of nitrogens with zero attached hydrogens (tertiary/aromatic N) is 3. The lowest BCUT2D eigenvalue weighted by Gasteiger charge is -2.23. The summed E-state index contributed by atoms with van der Waals surface area (Å²) < 4.78 is 39.7. The summed E-state index contributed by atoms with van der Waals surface area (Å²) >= 11 is 0. The van der Waals surface area contributed by atoms with E-state index >= 15 is 0 Å². The Balaban J connectivity index is 1.80. The van der Waals surface area contributed by atoms with E-state index in [0.717, 1.165) is 10.9 Å². The topological polar surface area (TPSA) is 87.5 Å². The minimum atomic E-state index is -4.68. The first-order valence-corrected chi connectivity index (χ1v) is 7.11. The van der Waals surface area contributed by atoms with Crippen molar-refractivity contribution in [3.05, 3.63) is 11.9 Å². The third kappa shape index (κ3) is 2.62. The van der Waals surface area contributed by atoms with E-state index in [1.54, 1.807) is 0 Å². The predicted octanol–water partition coefficient (Wildman–Crippen LogP) is 1.91. The molecule has 2 bridgehead atoms. The molecule has 2 fully saturated rings. The minimum Gasteiger partial charge on any atom is -0.481 e. The zero-order valence-corrected chi connectivity index (χ0v) is 12.2. The highest BCUT2D eigenvalue weighted by Gasteiger charge is 2.51. The second-order valence-electron chi connectivity index (χ2n) is 5.88. The van der Waals surface area contributed by atoms with Crippen LogP contribution in [0, 0.1) is 5.92 Å². The lowest BCUT2D eigenvalue weighted by molar-refractivity contribution is -0.142. The molecule has 0 aromatic carbocycles. The SMILES string of the molecule is Cn1cc(NC(=O)N2C3CCC2C(C(=O)O)C3)c(C(F)(F)F)n1. The quantitative estimate of drug-likeness (QED) is 0.866. The molecule has 0 aliphatic carbocycles. The van der Waals surface area contributed by atoms with Crippen LogP contribution in [0.5, 0.6) is 0 Å². The fourth-order valence-electron chi connectivity index (χ4n) is 3.54. The average Bonchev–Trinajstić information content (AvgIpc) is 3.09. The smallest absolute Gasteiger partial charge is 0.437 e. The van der Waals surface area contributed by atoms with Gasteiger partial charge in [-0.2, -0.15) is 18.3 Å². The maximum absolute atomic E-state index is 12.9. The molecule has 2 aliphatic rings. The number of alkyl halides is 3. The van der Waals surface area contributed by atoms with Gasteiger partial charge in [0, 0.05) is 25.3 Å². The molecule has 3 unspecified atom stereocenters. The van der Waals surface area contributed by atoms with Crippen molar-refractivity contribution in [2.24, 2.45) is 13.0 Å². The van der Waals surface area contributed by atoms with E-state index in [4.69, 9.17) is 5.11 Å². The van der Waals surface area contributed by atoms with E-state index < -0.39 is 41.5 Å². The van der Waals surface area contributed by atoms with Crippen molar-refractivity contribution in [3.8, 4) is 0 Å². The third-order valence-electron chi connectivity index (χ3n) is 4.43. The van der Waals surface area contributed by atoms with Crippen molar-refractivity contribution in [3.63, 3.8) is 0 Å². The van der Waals surface area contributed by atoms with E-state index in [1.807, 2.05) is 0 Å². The molecule has 126 valence electrons. The summed E-state index contributed by atoms with van der Waals surface area (Å²) in [4.78, 5) is 24.9. The van der Waals surface area contributed by atoms with Crippen molar-refractivity contribution >= 4 is 17.7 Å². The number of carbonyl (C=O) groups is 2. The first kappa shape index (κ1) is 15.6. The number of anilines is 1. The van der Waals surface area contributed by atoms with Crippen LogP contribution in [-0.2, 0) is 18.0 Å². The van der Waals surface area contributed by atoms with Gasteiger partial charge in [-0.05, 0) is 19.3 Å². The summed E-state index contributed by atoms with van der Waals surface area (Å²) in [6, 6.07) is -1.42. The average molecular weight is 332 g/mol. The maximum atomic E-state index is 12.9. The predicted molar refractivity (Wildman–Crippen MR) is 71.6 cm³/mol. The number of aromatic nitrogens is 2. The van der Waals surface area contributed by atoms with Crippen LogP contribution in [0.2, 0.25) is 0 Å². The van der Waals surface area contributed by atoms with Gasteiger partial charge in [0.25, 0.3) is 0 Å². The number of hydrogen-bond acceptors (Lipinski definition) is 3. The molecule has 1 aromatic rings. The maximum Gasteiger partial charge on any atom is 0.437 e. The Morgan fingerprint density at radius 3 is 2.65 bits per heavy atom. The lowest BCUT2D eigenvalue weighted by atomic mass is 9.89. The van der Waals surface area contributed by atoms with E-state index in [0.29, 0.717) is 19.3 Å². The molecule has 0 spiro atoms. The van der Waals surface area contributed by atoms with Crippen LogP contribution in [-0.4, -0.2) is 43.9 Å². The number of urea groups is 1. The van der Waals surface area contributed by atoms with Crippen LogP contribution in [0.15, 0.2) is 6.20 Å². The van der Waals surface area contributed by atoms with Gasteiger partial charge in [-0.15, -0.1) is 0 Å². The van der Waals surface area contributed by atoms with Crippen LogP contribution in [0.4, 0.5) is 23.7 Å². The first-order valence-electron chi connectivity index (χ1n) is 7.11. The van der Waals surface area contributed by atoms with Gasteiger partial charge in [0.05, 0.1) is 11.6 Å². The van der Waals surface area contributed by atoms with E-state index in [2.05, 4.69) is 10.4 Å². The number of nitrogens with one attached hydrogen (secondary N) is 1. The molecular formula is C13H15F3N4O3. The highest BCUT2D eigenvalue weighted by Crippen LogP contribution is 2.42. The van der Waals surface area contributed by atoms with Crippen molar-refractivity contribution in [2.45, 2.75) is 37.5 Å². The van der Waals surface area contributed by atoms with Crippen LogP contribution in [0.1, 0.15) is 25.0 Å². The molecule has 23 heavy (non-hydrogen) atoms. The Kier molecular flexibility index (Phi) is 3.49. The first-order chi connectivity index (χ1) is 10.7. The van der Waals surface area contributed by atoms with Gasteiger partial charge in [-0.1, -0.05) is 0 Å². The summed E-state index contributed by atoms with van der Waals surface area (Å²) in [5.41, 5.74) is -1.60. The highest BCUT2D eigenvalue weighted by atomic mass is 19.4. The summed E-state index contributed by atoms with van der Waals surface area (Å²) in [7, 11) is 1.32. The second kappa shape index (κ2) is 5.14. The second-order valence-corrected chi connectivity index (χ2v) is 5.88. The normalized spacial score (nSPS) is 26.6. The fourth-order valence-corrected chi connectivity index (χ4v) is 3.54. The third-order valence-corrected chi connectivity index (χ3v) is 4.43. The molecule has 10 heteroatoms. The number of halogens is 3. The van der Waals surface area contributed by atoms with Crippen molar-refractivity contribution in [1.29, 1.82) is 0 Å². The fraction of sp³-hybridized carbons (Fsp3) is 0.615. The molecule has 2 aliphatic heterocycles. The Bertz CT molecular complexity index is 657. The van der Waals surface area contributed by atoms with E-state index in [1.165, 1.54) is 11.9 Å². The zero-order chi connectivity index (χ0) is 16.9. The summed E-state index contributed by atoms with van der Waals surface area (Å²) in [6.07, 6.45) is -2.05. The molecule has 1 aromatic heterocycles. The van der Waals surface area contributed by atoms with Crippen LogP contribution in [0.25, 0.3) is 0 Å². The Hall–Kier alpha value is -2.26. The number of rotatable bonds is 2. The van der Waals surface area contributed by atoms with Crippen molar-refractivity contribution in [1.82, 2.24) is 14.7 Å². The molecule has 7 nitrogen and oxygen atoms in total. The molecular weight excluding hydrogens is 317 g/mol. The van der Waals surface area contributed by atoms with Crippen LogP contribution >= 0.6 is 0 Å². The van der Waals surface area contributed by atoms with Gasteiger partial charge < -0.3 is 15.3 Å². The number of aliphatic carboxylic acids is 1. The lowest BCUT2D eigenvalue weighted by Crippen LogP contribution is -2.40. The number of aryl methyl sites for hydroxylation is 1. The van der Waals surface area contributed by atoms with Gasteiger partial charge in [0.2, 0.25) is 0 Å². The van der Waals surface area contributed by atoms with Gasteiger partial charge >= 0.3 is 18.2 Å². The molecule has 0 radical (unpaired) electrons. The number of carboxylic acids is 1. The number of fused-ring (bicyclic) bond motifs is 2. The molecule has 2 saturated heterocycles. The monoisotopic (exact) mass is 332 g/mol. The van der Waals surface area contributed by atoms with Crippen molar-refractivity contribution in [2.75, 3.05) is 5.32 Å². The summed E-state index contributed by atoms with van der Waals surface area (Å²) in [6.45, 7) is 0. The molecule has 3 rings (SSSR count). The van der Waals surface area contributed by atoms with Gasteiger partial charge in [0.15, 0.2) is 5.69 Å². The van der Waals surface area contributed by atoms with Gasteiger partial charge in [-0.25, -0.2) is 4.79 Å². The number of amides is 2. The number of carbonyl (C=O) groups excluding carboxylic acids is 1. The Labute approximate surface area is 129 Å². The highest BCUT2D eigenvalue weighted by molar-refractivity contribution is 5.91. The molecule has 2 amide bonds. The Morgan fingerprint density at radius 2 is 2.09 bits per heavy atom. The summed E-state index contributed by atoms with van der Waals surface area (Å²) in [5.74, 6) is -1.64. The van der Waals surface area contributed by atoms with Gasteiger partial charge in [-0.3, -0.25) is 9.48 Å². The molecule has 0 saturated carbocycles. The van der Waals surface area contributed by atoms with Crippen molar-refractivity contribution < 1.29 is 27.9 Å². The summed E-state index contributed by atoms with van der Waals surface area (Å²) in [5, 5.41) is 14.7. The largest absolute Gasteiger partial charge is 0.481 e. The Morgan fingerprint density at radius 1 is 1.39 bits per heavy atom. The molecule has 3 heterocycles. The molecule has 3 atom stereocenters. The standard InChI is InChI=1S/C13H15F3N4O3/c1-19-5-8(10(18-19)13(14,15)16)17-12(23)20-6-2-3-9(20)7(4-6)11(21)22/h5-7,9H,2-4H2,1H3,(H,17,23)(H,21,22). The van der Waals surface area contributed by atoms with E-state index in [9.17, 15) is 22.8 Å². The number of carboxylic acid groups (broad SMARTS) is 1. The molecule has 2 N–H and O–H groups in total. The van der Waals surface area contributed by atoms with Crippen LogP contribution < -0.4 is 5.32 Å². The van der Waals surface area contributed by atoms with E-state index in [-0.39, 0.29) is 6.04 Å². The zero-order valence-electron chi connectivity index (χ0n) is 12.2. The minimum absolute atomic E-state index is 0.243. The number of hydrogen-bond donors (Lipinski definition) is 2.